The molecule has 2 aliphatic rings. The lowest BCUT2D eigenvalue weighted by Gasteiger charge is -2.24. The van der Waals surface area contributed by atoms with Gasteiger partial charge in [0.05, 0.1) is 14.2 Å². The van der Waals surface area contributed by atoms with Crippen LogP contribution in [0.2, 0.25) is 0 Å². The van der Waals surface area contributed by atoms with Crippen LogP contribution < -0.4 is 9.47 Å². The Morgan fingerprint density at radius 1 is 1.20 bits per heavy atom. The van der Waals surface area contributed by atoms with E-state index in [0.29, 0.717) is 36.8 Å². The maximum atomic E-state index is 12.6. The summed E-state index contributed by atoms with van der Waals surface area (Å²) in [6, 6.07) is 4.94. The Morgan fingerprint density at radius 3 is 2.64 bits per heavy atom. The number of rotatable bonds is 6. The summed E-state index contributed by atoms with van der Waals surface area (Å²) in [4.78, 5) is 25.9. The molecule has 1 N–H and O–H groups in total. The minimum Gasteiger partial charge on any atom is -0.493 e. The SMILES string of the molecule is COc1ccc(CCC(=O)N2CC3CCCC3C2C(=O)O)cc1OC. The van der Waals surface area contributed by atoms with Crippen LogP contribution in [0, 0.1) is 11.8 Å². The summed E-state index contributed by atoms with van der Waals surface area (Å²) < 4.78 is 10.5. The number of carbonyl (C=O) groups is 2. The van der Waals surface area contributed by atoms with E-state index >= 15 is 0 Å². The number of hydrogen-bond donors (Lipinski definition) is 1. The van der Waals surface area contributed by atoms with Gasteiger partial charge in [-0.05, 0) is 48.8 Å². The normalized spacial score (nSPS) is 24.9. The maximum absolute atomic E-state index is 12.6. The standard InChI is InChI=1S/C19H25NO5/c1-24-15-8-6-12(10-16(15)25-2)7-9-17(21)20-11-13-4-3-5-14(13)18(20)19(22)23/h6,8,10,13-14,18H,3-5,7,9,11H2,1-2H3,(H,22,23). The van der Waals surface area contributed by atoms with Gasteiger partial charge in [-0.2, -0.15) is 0 Å². The van der Waals surface area contributed by atoms with Gasteiger partial charge in [-0.15, -0.1) is 0 Å². The molecule has 0 aromatic heterocycles. The third kappa shape index (κ3) is 3.43. The van der Waals surface area contributed by atoms with Gasteiger partial charge in [0, 0.05) is 13.0 Å². The van der Waals surface area contributed by atoms with Crippen LogP contribution in [0.3, 0.4) is 0 Å². The van der Waals surface area contributed by atoms with Crippen molar-refractivity contribution in [3.63, 3.8) is 0 Å². The number of nitrogens with zero attached hydrogens (tertiary/aromatic N) is 1. The van der Waals surface area contributed by atoms with E-state index in [1.165, 1.54) is 0 Å². The van der Waals surface area contributed by atoms with Crippen LogP contribution in [0.25, 0.3) is 0 Å². The lowest BCUT2D eigenvalue weighted by Crippen LogP contribution is -2.43. The van der Waals surface area contributed by atoms with Crippen LogP contribution in [0.1, 0.15) is 31.2 Å². The minimum atomic E-state index is -0.867. The van der Waals surface area contributed by atoms with Gasteiger partial charge in [-0.1, -0.05) is 12.5 Å². The molecule has 1 aromatic carbocycles. The summed E-state index contributed by atoms with van der Waals surface area (Å²) in [6.07, 6.45) is 3.89. The van der Waals surface area contributed by atoms with Crippen LogP contribution in [0.15, 0.2) is 18.2 Å². The second-order valence-electron chi connectivity index (χ2n) is 6.87. The summed E-state index contributed by atoms with van der Waals surface area (Å²) >= 11 is 0. The quantitative estimate of drug-likeness (QED) is 0.855. The van der Waals surface area contributed by atoms with E-state index in [1.807, 2.05) is 18.2 Å². The van der Waals surface area contributed by atoms with Gasteiger partial charge >= 0.3 is 5.97 Å². The molecule has 1 aromatic rings. The Kier molecular flexibility index (Phi) is 5.16. The number of hydrogen-bond acceptors (Lipinski definition) is 4. The molecule has 0 spiro atoms. The summed E-state index contributed by atoms with van der Waals surface area (Å²) in [5.74, 6) is 0.821. The first kappa shape index (κ1) is 17.6. The molecule has 136 valence electrons. The van der Waals surface area contributed by atoms with E-state index in [2.05, 4.69) is 0 Å². The minimum absolute atomic E-state index is 0.0726. The van der Waals surface area contributed by atoms with E-state index in [0.717, 1.165) is 24.8 Å². The van der Waals surface area contributed by atoms with E-state index < -0.39 is 12.0 Å². The van der Waals surface area contributed by atoms with Crippen molar-refractivity contribution in [2.24, 2.45) is 11.8 Å². The first-order valence-electron chi connectivity index (χ1n) is 8.78. The fourth-order valence-electron chi connectivity index (χ4n) is 4.31. The smallest absolute Gasteiger partial charge is 0.326 e. The average Bonchev–Trinajstić information content (AvgIpc) is 3.19. The molecule has 2 fully saturated rings. The molecule has 1 aliphatic heterocycles. The fourth-order valence-corrected chi connectivity index (χ4v) is 4.31. The molecule has 1 heterocycles. The molecule has 1 aliphatic carbocycles. The highest BCUT2D eigenvalue weighted by molar-refractivity contribution is 5.85. The zero-order valence-corrected chi connectivity index (χ0v) is 14.7. The van der Waals surface area contributed by atoms with Crippen LogP contribution in [0.5, 0.6) is 11.5 Å². The molecule has 0 radical (unpaired) electrons. The van der Waals surface area contributed by atoms with E-state index in [1.54, 1.807) is 19.1 Å². The Bertz CT molecular complexity index is 659. The molecule has 1 amide bonds. The average molecular weight is 347 g/mol. The predicted octanol–water partition coefficient (Wildman–Crippen LogP) is 2.35. The second kappa shape index (κ2) is 7.33. The number of aryl methyl sites for hydroxylation is 1. The Hall–Kier alpha value is -2.24. The first-order valence-corrected chi connectivity index (χ1v) is 8.78. The van der Waals surface area contributed by atoms with Crippen molar-refractivity contribution in [3.8, 4) is 11.5 Å². The van der Waals surface area contributed by atoms with Gasteiger partial charge in [0.2, 0.25) is 5.91 Å². The van der Waals surface area contributed by atoms with Crippen molar-refractivity contribution >= 4 is 11.9 Å². The number of carboxylic acids is 1. The largest absolute Gasteiger partial charge is 0.493 e. The van der Waals surface area contributed by atoms with Gasteiger partial charge in [-0.3, -0.25) is 4.79 Å². The number of amides is 1. The summed E-state index contributed by atoms with van der Waals surface area (Å²) in [7, 11) is 3.16. The highest BCUT2D eigenvalue weighted by Gasteiger charge is 2.49. The Labute approximate surface area is 147 Å². The molecule has 0 bridgehead atoms. The van der Waals surface area contributed by atoms with Crippen molar-refractivity contribution in [2.75, 3.05) is 20.8 Å². The van der Waals surface area contributed by atoms with Crippen LogP contribution in [-0.4, -0.2) is 48.7 Å². The maximum Gasteiger partial charge on any atom is 0.326 e. The summed E-state index contributed by atoms with van der Waals surface area (Å²) in [5.41, 5.74) is 0.970. The lowest BCUT2D eigenvalue weighted by molar-refractivity contribution is -0.149. The van der Waals surface area contributed by atoms with Crippen molar-refractivity contribution < 1.29 is 24.2 Å². The van der Waals surface area contributed by atoms with Crippen LogP contribution in [0.4, 0.5) is 0 Å². The zero-order valence-electron chi connectivity index (χ0n) is 14.7. The van der Waals surface area contributed by atoms with Gasteiger partial charge in [0.25, 0.3) is 0 Å². The van der Waals surface area contributed by atoms with E-state index in [4.69, 9.17) is 9.47 Å². The highest BCUT2D eigenvalue weighted by atomic mass is 16.5. The van der Waals surface area contributed by atoms with Gasteiger partial charge < -0.3 is 19.5 Å². The molecule has 25 heavy (non-hydrogen) atoms. The number of carboxylic acid groups (broad SMARTS) is 1. The molecule has 1 saturated carbocycles. The number of aliphatic carboxylic acids is 1. The van der Waals surface area contributed by atoms with Crippen molar-refractivity contribution in [1.29, 1.82) is 0 Å². The van der Waals surface area contributed by atoms with Crippen molar-refractivity contribution in [3.05, 3.63) is 23.8 Å². The summed E-state index contributed by atoms with van der Waals surface area (Å²) in [5, 5.41) is 9.57. The monoisotopic (exact) mass is 347 g/mol. The van der Waals surface area contributed by atoms with Gasteiger partial charge in [0.15, 0.2) is 11.5 Å². The molecule has 3 rings (SSSR count). The molecule has 3 unspecified atom stereocenters. The number of fused-ring (bicyclic) bond motifs is 1. The Balaban J connectivity index is 1.65. The molecule has 1 saturated heterocycles. The van der Waals surface area contributed by atoms with Crippen molar-refractivity contribution in [2.45, 2.75) is 38.1 Å². The first-order chi connectivity index (χ1) is 12.0. The van der Waals surface area contributed by atoms with Crippen LogP contribution in [-0.2, 0) is 16.0 Å². The van der Waals surface area contributed by atoms with Gasteiger partial charge in [0.1, 0.15) is 6.04 Å². The number of ether oxygens (including phenoxy) is 2. The third-order valence-electron chi connectivity index (χ3n) is 5.54. The number of benzene rings is 1. The fraction of sp³-hybridized carbons (Fsp3) is 0.579. The zero-order chi connectivity index (χ0) is 18.0. The third-order valence-corrected chi connectivity index (χ3v) is 5.54. The topological polar surface area (TPSA) is 76.1 Å². The van der Waals surface area contributed by atoms with Crippen molar-refractivity contribution in [1.82, 2.24) is 4.90 Å². The molecule has 6 heteroatoms. The molecular weight excluding hydrogens is 322 g/mol. The number of carbonyl (C=O) groups excluding carboxylic acids is 1. The second-order valence-corrected chi connectivity index (χ2v) is 6.87. The summed E-state index contributed by atoms with van der Waals surface area (Å²) in [6.45, 7) is 0.590. The van der Waals surface area contributed by atoms with E-state index in [-0.39, 0.29) is 11.8 Å². The number of likely N-dealkylation sites (tertiary alicyclic amines) is 1. The molecule has 3 atom stereocenters. The molecule has 6 nitrogen and oxygen atoms in total. The lowest BCUT2D eigenvalue weighted by atomic mass is 9.94. The predicted molar refractivity (Wildman–Crippen MR) is 91.8 cm³/mol. The molecular formula is C19H25NO5. The number of methoxy groups -OCH3 is 2. The Morgan fingerprint density at radius 2 is 1.96 bits per heavy atom. The highest BCUT2D eigenvalue weighted by Crippen LogP contribution is 2.42. The van der Waals surface area contributed by atoms with Gasteiger partial charge in [-0.25, -0.2) is 4.79 Å². The van der Waals surface area contributed by atoms with Crippen LogP contribution >= 0.6 is 0 Å². The van der Waals surface area contributed by atoms with E-state index in [9.17, 15) is 14.7 Å².